The van der Waals surface area contributed by atoms with Crippen molar-refractivity contribution in [2.45, 2.75) is 27.7 Å². The van der Waals surface area contributed by atoms with Gasteiger partial charge in [0.25, 0.3) is 11.8 Å². The van der Waals surface area contributed by atoms with Crippen LogP contribution in [0, 0.1) is 27.7 Å². The summed E-state index contributed by atoms with van der Waals surface area (Å²) >= 11 is 1.56. The Hall–Kier alpha value is -2.14. The van der Waals surface area contributed by atoms with Gasteiger partial charge >= 0.3 is 0 Å². The molecule has 0 radical (unpaired) electrons. The van der Waals surface area contributed by atoms with E-state index in [9.17, 15) is 9.59 Å². The molecule has 0 saturated carbocycles. The first kappa shape index (κ1) is 15.3. The normalized spacial score (nSPS) is 10.3. The SMILES string of the molecule is Cc1ccc(C(=O)NNC(=O)c2cc(C)sc2C)c(C)c1. The molecular weight excluding hydrogens is 284 g/mol. The van der Waals surface area contributed by atoms with E-state index in [1.54, 1.807) is 17.4 Å². The van der Waals surface area contributed by atoms with E-state index in [-0.39, 0.29) is 11.8 Å². The zero-order valence-corrected chi connectivity index (χ0v) is 13.4. The van der Waals surface area contributed by atoms with Gasteiger partial charge in [0.2, 0.25) is 0 Å². The summed E-state index contributed by atoms with van der Waals surface area (Å²) in [5.41, 5.74) is 8.05. The molecule has 0 aliphatic carbocycles. The minimum Gasteiger partial charge on any atom is -0.267 e. The molecule has 1 aromatic heterocycles. The minimum absolute atomic E-state index is 0.296. The summed E-state index contributed by atoms with van der Waals surface area (Å²) in [6.07, 6.45) is 0. The van der Waals surface area contributed by atoms with Gasteiger partial charge < -0.3 is 0 Å². The molecule has 0 saturated heterocycles. The van der Waals surface area contributed by atoms with Crippen molar-refractivity contribution in [3.05, 3.63) is 56.3 Å². The molecule has 5 heteroatoms. The van der Waals surface area contributed by atoms with Crippen molar-refractivity contribution >= 4 is 23.2 Å². The molecule has 21 heavy (non-hydrogen) atoms. The second-order valence-corrected chi connectivity index (χ2v) is 6.51. The molecule has 1 heterocycles. The van der Waals surface area contributed by atoms with Crippen molar-refractivity contribution in [1.29, 1.82) is 0 Å². The predicted molar refractivity (Wildman–Crippen MR) is 84.6 cm³/mol. The van der Waals surface area contributed by atoms with Crippen molar-refractivity contribution < 1.29 is 9.59 Å². The Morgan fingerprint density at radius 2 is 1.52 bits per heavy atom. The van der Waals surface area contributed by atoms with Gasteiger partial charge in [0.05, 0.1) is 5.56 Å². The van der Waals surface area contributed by atoms with E-state index in [1.165, 1.54) is 0 Å². The lowest BCUT2D eigenvalue weighted by molar-refractivity contribution is 0.0846. The quantitative estimate of drug-likeness (QED) is 0.838. The highest BCUT2D eigenvalue weighted by Gasteiger charge is 2.14. The number of rotatable bonds is 2. The third-order valence-corrected chi connectivity index (χ3v) is 4.17. The van der Waals surface area contributed by atoms with Gasteiger partial charge in [-0.2, -0.15) is 0 Å². The number of benzene rings is 1. The fourth-order valence-corrected chi connectivity index (χ4v) is 3.09. The standard InChI is InChI=1S/C16H18N2O2S/c1-9-5-6-13(10(2)7-9)15(19)17-18-16(20)14-8-11(3)21-12(14)4/h5-8H,1-4H3,(H,17,19)(H,18,20). The Labute approximate surface area is 128 Å². The molecule has 0 aliphatic rings. The molecule has 2 rings (SSSR count). The number of carbonyl (C=O) groups excluding carboxylic acids is 2. The fraction of sp³-hybridized carbons (Fsp3) is 0.250. The van der Waals surface area contributed by atoms with E-state index in [4.69, 9.17) is 0 Å². The number of aryl methyl sites for hydroxylation is 4. The molecule has 1 aromatic carbocycles. The van der Waals surface area contributed by atoms with E-state index in [0.29, 0.717) is 11.1 Å². The van der Waals surface area contributed by atoms with Crippen LogP contribution in [0.3, 0.4) is 0 Å². The average molecular weight is 302 g/mol. The van der Waals surface area contributed by atoms with Crippen LogP contribution in [0.2, 0.25) is 0 Å². The number of hydrogen-bond acceptors (Lipinski definition) is 3. The molecule has 2 N–H and O–H groups in total. The first-order valence-electron chi connectivity index (χ1n) is 6.63. The topological polar surface area (TPSA) is 58.2 Å². The summed E-state index contributed by atoms with van der Waals surface area (Å²) in [7, 11) is 0. The Bertz CT molecular complexity index is 704. The van der Waals surface area contributed by atoms with Gasteiger partial charge in [-0.3, -0.25) is 20.4 Å². The summed E-state index contributed by atoms with van der Waals surface area (Å²) in [5.74, 6) is -0.611. The summed E-state index contributed by atoms with van der Waals surface area (Å²) < 4.78 is 0. The minimum atomic E-state index is -0.314. The molecule has 110 valence electrons. The van der Waals surface area contributed by atoms with Crippen molar-refractivity contribution in [3.8, 4) is 0 Å². The number of amides is 2. The van der Waals surface area contributed by atoms with Crippen molar-refractivity contribution in [3.63, 3.8) is 0 Å². The lowest BCUT2D eigenvalue weighted by Crippen LogP contribution is -2.41. The first-order chi connectivity index (χ1) is 9.88. The molecule has 0 bridgehead atoms. The molecule has 2 amide bonds. The van der Waals surface area contributed by atoms with E-state index >= 15 is 0 Å². The van der Waals surface area contributed by atoms with Crippen LogP contribution in [0.25, 0.3) is 0 Å². The van der Waals surface area contributed by atoms with E-state index in [2.05, 4.69) is 10.9 Å². The Morgan fingerprint density at radius 1 is 0.905 bits per heavy atom. The van der Waals surface area contributed by atoms with Crippen LogP contribution in [-0.2, 0) is 0 Å². The van der Waals surface area contributed by atoms with Gasteiger partial charge in [-0.05, 0) is 45.4 Å². The van der Waals surface area contributed by atoms with E-state index in [0.717, 1.165) is 20.9 Å². The maximum Gasteiger partial charge on any atom is 0.270 e. The highest BCUT2D eigenvalue weighted by Crippen LogP contribution is 2.20. The lowest BCUT2D eigenvalue weighted by atomic mass is 10.1. The lowest BCUT2D eigenvalue weighted by Gasteiger charge is -2.09. The highest BCUT2D eigenvalue weighted by atomic mass is 32.1. The van der Waals surface area contributed by atoms with Crippen LogP contribution in [0.1, 0.15) is 41.6 Å². The number of thiophene rings is 1. The summed E-state index contributed by atoms with van der Waals surface area (Å²) in [6, 6.07) is 7.38. The van der Waals surface area contributed by atoms with Crippen LogP contribution in [0.4, 0.5) is 0 Å². The first-order valence-corrected chi connectivity index (χ1v) is 7.45. The predicted octanol–water partition coefficient (Wildman–Crippen LogP) is 3.06. The Kier molecular flexibility index (Phi) is 4.43. The maximum absolute atomic E-state index is 12.1. The third-order valence-electron chi connectivity index (χ3n) is 3.20. The zero-order chi connectivity index (χ0) is 15.6. The van der Waals surface area contributed by atoms with Crippen LogP contribution in [0.5, 0.6) is 0 Å². The smallest absolute Gasteiger partial charge is 0.267 e. The Balaban J connectivity index is 2.04. The average Bonchev–Trinajstić information content (AvgIpc) is 2.74. The number of hydrazine groups is 1. The van der Waals surface area contributed by atoms with Gasteiger partial charge in [0, 0.05) is 15.3 Å². The van der Waals surface area contributed by atoms with Crippen LogP contribution >= 0.6 is 11.3 Å². The fourth-order valence-electron chi connectivity index (χ4n) is 2.17. The molecule has 0 atom stereocenters. The third kappa shape index (κ3) is 3.49. The van der Waals surface area contributed by atoms with Gasteiger partial charge in [0.15, 0.2) is 0 Å². The zero-order valence-electron chi connectivity index (χ0n) is 12.5. The molecule has 2 aromatic rings. The number of hydrogen-bond donors (Lipinski definition) is 2. The summed E-state index contributed by atoms with van der Waals surface area (Å²) in [6.45, 7) is 7.68. The van der Waals surface area contributed by atoms with Gasteiger partial charge in [-0.25, -0.2) is 0 Å². The number of carbonyl (C=O) groups is 2. The highest BCUT2D eigenvalue weighted by molar-refractivity contribution is 7.12. The van der Waals surface area contributed by atoms with Gasteiger partial charge in [-0.15, -0.1) is 11.3 Å². The van der Waals surface area contributed by atoms with Gasteiger partial charge in [0.1, 0.15) is 0 Å². The van der Waals surface area contributed by atoms with Crippen LogP contribution < -0.4 is 10.9 Å². The summed E-state index contributed by atoms with van der Waals surface area (Å²) in [5, 5.41) is 0. The Morgan fingerprint density at radius 3 is 2.05 bits per heavy atom. The summed E-state index contributed by atoms with van der Waals surface area (Å²) in [4.78, 5) is 26.1. The van der Waals surface area contributed by atoms with E-state index < -0.39 is 0 Å². The molecule has 0 unspecified atom stereocenters. The molecule has 0 fully saturated rings. The second kappa shape index (κ2) is 6.10. The van der Waals surface area contributed by atoms with Gasteiger partial charge in [-0.1, -0.05) is 17.7 Å². The monoisotopic (exact) mass is 302 g/mol. The van der Waals surface area contributed by atoms with E-state index in [1.807, 2.05) is 45.9 Å². The molecule has 0 aliphatic heterocycles. The van der Waals surface area contributed by atoms with Crippen molar-refractivity contribution in [1.82, 2.24) is 10.9 Å². The largest absolute Gasteiger partial charge is 0.270 e. The van der Waals surface area contributed by atoms with Crippen LogP contribution in [0.15, 0.2) is 24.3 Å². The molecular formula is C16H18N2O2S. The maximum atomic E-state index is 12.1. The number of nitrogens with one attached hydrogen (secondary N) is 2. The molecule has 0 spiro atoms. The molecule has 4 nitrogen and oxygen atoms in total. The van der Waals surface area contributed by atoms with Crippen molar-refractivity contribution in [2.24, 2.45) is 0 Å². The van der Waals surface area contributed by atoms with Crippen molar-refractivity contribution in [2.75, 3.05) is 0 Å². The van der Waals surface area contributed by atoms with Crippen LogP contribution in [-0.4, -0.2) is 11.8 Å². The second-order valence-electron chi connectivity index (χ2n) is 5.05.